The first-order chi connectivity index (χ1) is 20.8. The summed E-state index contributed by atoms with van der Waals surface area (Å²) in [6.07, 6.45) is -6.53. The van der Waals surface area contributed by atoms with Crippen molar-refractivity contribution in [3.05, 3.63) is 53.1 Å². The maximum atomic E-state index is 12.8. The number of benzene rings is 1. The van der Waals surface area contributed by atoms with Crippen LogP contribution in [0.1, 0.15) is 46.1 Å². The molecule has 7 N–H and O–H groups in total. The van der Waals surface area contributed by atoms with Crippen molar-refractivity contribution in [1.82, 2.24) is 0 Å². The molecule has 10 unspecified atom stereocenters. The Hall–Kier alpha value is -2.85. The summed E-state index contributed by atoms with van der Waals surface area (Å²) in [6.45, 7) is 6.79. The maximum absolute atomic E-state index is 12.8. The summed E-state index contributed by atoms with van der Waals surface area (Å²) in [5.74, 6) is -1.67. The molecule has 2 fully saturated rings. The predicted molar refractivity (Wildman–Crippen MR) is 156 cm³/mol. The van der Waals surface area contributed by atoms with Gasteiger partial charge >= 0.3 is 5.97 Å². The number of ether oxygens (including phenoxy) is 5. The van der Waals surface area contributed by atoms with Gasteiger partial charge in [0.15, 0.2) is 30.2 Å². The van der Waals surface area contributed by atoms with Crippen molar-refractivity contribution < 1.29 is 64.2 Å². The van der Waals surface area contributed by atoms with Gasteiger partial charge < -0.3 is 59.4 Å². The summed E-state index contributed by atoms with van der Waals surface area (Å²) in [6, 6.07) is 3.90. The van der Waals surface area contributed by atoms with Gasteiger partial charge in [-0.05, 0) is 64.3 Å². The Morgan fingerprint density at radius 2 is 1.64 bits per heavy atom. The van der Waals surface area contributed by atoms with Crippen LogP contribution in [0.15, 0.2) is 47.6 Å². The van der Waals surface area contributed by atoms with E-state index in [-0.39, 0.29) is 12.4 Å². The Bertz CT molecular complexity index is 1180. The molecule has 0 aromatic heterocycles. The molecule has 0 amide bonds. The molecule has 0 spiro atoms. The minimum atomic E-state index is -1.73. The van der Waals surface area contributed by atoms with Gasteiger partial charge in [-0.3, -0.25) is 0 Å². The Kier molecular flexibility index (Phi) is 13.3. The highest BCUT2D eigenvalue weighted by Gasteiger charge is 2.52. The molecule has 10 atom stereocenters. The number of carbonyl (C=O) groups is 1. The van der Waals surface area contributed by atoms with Crippen LogP contribution >= 0.6 is 0 Å². The second-order valence-electron chi connectivity index (χ2n) is 11.2. The first-order valence-electron chi connectivity index (χ1n) is 14.4. The smallest absolute Gasteiger partial charge is 0.331 e. The van der Waals surface area contributed by atoms with E-state index in [0.717, 1.165) is 24.5 Å². The quantitative estimate of drug-likeness (QED) is 0.0752. The second-order valence-corrected chi connectivity index (χ2v) is 11.2. The van der Waals surface area contributed by atoms with Crippen LogP contribution < -0.4 is 0 Å². The molecule has 44 heavy (non-hydrogen) atoms. The number of carbonyl (C=O) groups excluding carboxylic acids is 1. The molecule has 0 saturated carbocycles. The number of rotatable bonds is 12. The molecule has 2 aliphatic heterocycles. The molecule has 246 valence electrons. The first-order valence-corrected chi connectivity index (χ1v) is 14.4. The van der Waals surface area contributed by atoms with Crippen LogP contribution in [0.3, 0.4) is 0 Å². The lowest BCUT2D eigenvalue weighted by Crippen LogP contribution is -2.65. The number of allylic oxidation sites excluding steroid dienone is 3. The second kappa shape index (κ2) is 16.5. The van der Waals surface area contributed by atoms with Crippen molar-refractivity contribution in [2.24, 2.45) is 0 Å². The molecule has 0 bridgehead atoms. The van der Waals surface area contributed by atoms with Gasteiger partial charge in [-0.25, -0.2) is 4.79 Å². The maximum Gasteiger partial charge on any atom is 0.331 e. The number of phenols is 2. The summed E-state index contributed by atoms with van der Waals surface area (Å²) in [5.41, 5.74) is 2.62. The van der Waals surface area contributed by atoms with E-state index in [1.54, 1.807) is 0 Å². The predicted octanol–water partition coefficient (Wildman–Crippen LogP) is 1.02. The monoisotopic (exact) mass is 624 g/mol. The fraction of sp³-hybridized carbons (Fsp3) is 0.581. The van der Waals surface area contributed by atoms with Crippen LogP contribution in [0.2, 0.25) is 0 Å². The van der Waals surface area contributed by atoms with Gasteiger partial charge in [-0.15, -0.1) is 0 Å². The summed E-state index contributed by atoms with van der Waals surface area (Å²) in [4.78, 5) is 12.8. The SMILES string of the molecule is CC(C)=CCCC(C)=CCOC1OC(CO)C(OC(=O)C=Cc2ccc(O)c(O)c2)C(OC2OC(C)C(O)C(O)C2O)C1O. The third-order valence-corrected chi connectivity index (χ3v) is 7.34. The van der Waals surface area contributed by atoms with E-state index in [1.165, 1.54) is 36.8 Å². The highest BCUT2D eigenvalue weighted by Crippen LogP contribution is 2.31. The molecule has 2 aliphatic rings. The van der Waals surface area contributed by atoms with Crippen LogP contribution in [0.25, 0.3) is 6.08 Å². The minimum absolute atomic E-state index is 0.0460. The lowest BCUT2D eigenvalue weighted by molar-refractivity contribution is -0.356. The number of aliphatic hydroxyl groups is 5. The van der Waals surface area contributed by atoms with E-state index in [0.29, 0.717) is 5.56 Å². The van der Waals surface area contributed by atoms with Gasteiger partial charge in [0.25, 0.3) is 0 Å². The molecular formula is C31H44O13. The van der Waals surface area contributed by atoms with Crippen molar-refractivity contribution >= 4 is 12.0 Å². The van der Waals surface area contributed by atoms with Gasteiger partial charge in [0.2, 0.25) is 0 Å². The first kappa shape index (κ1) is 35.6. The summed E-state index contributed by atoms with van der Waals surface area (Å²) in [5, 5.41) is 71.5. The molecule has 13 nitrogen and oxygen atoms in total. The molecule has 3 rings (SSSR count). The van der Waals surface area contributed by atoms with E-state index in [1.807, 2.05) is 26.8 Å². The van der Waals surface area contributed by atoms with Crippen molar-refractivity contribution in [3.63, 3.8) is 0 Å². The number of phenolic OH excluding ortho intramolecular Hbond substituents is 2. The zero-order chi connectivity index (χ0) is 32.6. The van der Waals surface area contributed by atoms with Gasteiger partial charge in [0.05, 0.1) is 19.3 Å². The number of aromatic hydroxyl groups is 2. The van der Waals surface area contributed by atoms with Gasteiger partial charge in [0, 0.05) is 6.08 Å². The molecular weight excluding hydrogens is 580 g/mol. The molecule has 0 aliphatic carbocycles. The van der Waals surface area contributed by atoms with Crippen LogP contribution in [0, 0.1) is 0 Å². The minimum Gasteiger partial charge on any atom is -0.504 e. The topological polar surface area (TPSA) is 205 Å². The number of hydrogen-bond donors (Lipinski definition) is 7. The largest absolute Gasteiger partial charge is 0.504 e. The highest BCUT2D eigenvalue weighted by atomic mass is 16.7. The molecule has 1 aromatic carbocycles. The fourth-order valence-corrected chi connectivity index (χ4v) is 4.71. The van der Waals surface area contributed by atoms with Crippen molar-refractivity contribution in [1.29, 1.82) is 0 Å². The third-order valence-electron chi connectivity index (χ3n) is 7.34. The number of aliphatic hydroxyl groups excluding tert-OH is 5. The molecule has 13 heteroatoms. The summed E-state index contributed by atoms with van der Waals surface area (Å²) in [7, 11) is 0. The van der Waals surface area contributed by atoms with Crippen molar-refractivity contribution in [2.75, 3.05) is 13.2 Å². The van der Waals surface area contributed by atoms with Crippen LogP contribution in [-0.2, 0) is 28.5 Å². The standard InChI is InChI=1S/C31H44O13/c1-16(2)6-5-7-17(3)12-13-40-30-27(39)29(44-31-26(38)25(37)24(36)18(4)41-31)28(22(15-32)42-30)43-23(35)11-9-19-8-10-20(33)21(34)14-19/h6,8-12,14,18,22,24-34,36-39H,5,7,13,15H2,1-4H3. The van der Waals surface area contributed by atoms with Gasteiger partial charge in [-0.1, -0.05) is 29.4 Å². The Morgan fingerprint density at radius 1 is 0.909 bits per heavy atom. The van der Waals surface area contributed by atoms with Crippen LogP contribution in [0.5, 0.6) is 11.5 Å². The average molecular weight is 625 g/mol. The molecule has 1 aromatic rings. The molecule has 0 radical (unpaired) electrons. The van der Waals surface area contributed by atoms with Crippen molar-refractivity contribution in [2.45, 2.75) is 102 Å². The Morgan fingerprint density at radius 3 is 2.30 bits per heavy atom. The normalized spacial score (nSPS) is 32.9. The van der Waals surface area contributed by atoms with Gasteiger partial charge in [-0.2, -0.15) is 0 Å². The fourth-order valence-electron chi connectivity index (χ4n) is 4.71. The number of esters is 1. The van der Waals surface area contributed by atoms with Gasteiger partial charge in [0.1, 0.15) is 36.6 Å². The van der Waals surface area contributed by atoms with E-state index >= 15 is 0 Å². The van der Waals surface area contributed by atoms with E-state index in [9.17, 15) is 40.5 Å². The van der Waals surface area contributed by atoms with Crippen molar-refractivity contribution in [3.8, 4) is 11.5 Å². The summed E-state index contributed by atoms with van der Waals surface area (Å²) >= 11 is 0. The highest BCUT2D eigenvalue weighted by molar-refractivity contribution is 5.87. The lowest BCUT2D eigenvalue weighted by atomic mass is 9.97. The zero-order valence-electron chi connectivity index (χ0n) is 25.2. The van der Waals surface area contributed by atoms with E-state index in [4.69, 9.17) is 23.7 Å². The number of hydrogen-bond acceptors (Lipinski definition) is 13. The van der Waals surface area contributed by atoms with Crippen LogP contribution in [-0.4, -0.2) is 116 Å². The zero-order valence-corrected chi connectivity index (χ0v) is 25.2. The van der Waals surface area contributed by atoms with E-state index in [2.05, 4.69) is 6.08 Å². The lowest BCUT2D eigenvalue weighted by Gasteiger charge is -2.46. The molecule has 2 saturated heterocycles. The summed E-state index contributed by atoms with van der Waals surface area (Å²) < 4.78 is 28.5. The third kappa shape index (κ3) is 9.57. The van der Waals surface area contributed by atoms with Crippen LogP contribution in [0.4, 0.5) is 0 Å². The van der Waals surface area contributed by atoms with E-state index < -0.39 is 79.7 Å². The Labute approximate surface area is 256 Å². The average Bonchev–Trinajstić information content (AvgIpc) is 2.97. The Balaban J connectivity index is 1.80. The molecule has 2 heterocycles.